The topological polar surface area (TPSA) is 32.7 Å². The van der Waals surface area contributed by atoms with Gasteiger partial charge in [0.25, 0.3) is 0 Å². The van der Waals surface area contributed by atoms with Gasteiger partial charge < -0.3 is 9.84 Å². The Hall–Kier alpha value is -1.98. The number of benzene rings is 2. The van der Waals surface area contributed by atoms with Crippen LogP contribution in [0.4, 0.5) is 8.78 Å². The Balaban J connectivity index is 1.50. The molecule has 1 saturated heterocycles. The third kappa shape index (κ3) is 4.30. The molecule has 1 N–H and O–H groups in total. The predicted molar refractivity (Wildman–Crippen MR) is 87.6 cm³/mol. The van der Waals surface area contributed by atoms with E-state index in [0.29, 0.717) is 0 Å². The van der Waals surface area contributed by atoms with Crippen LogP contribution in [0.15, 0.2) is 42.5 Å². The van der Waals surface area contributed by atoms with Crippen LogP contribution < -0.4 is 4.74 Å². The van der Waals surface area contributed by atoms with Crippen LogP contribution in [0.25, 0.3) is 0 Å². The van der Waals surface area contributed by atoms with Crippen molar-refractivity contribution in [1.82, 2.24) is 4.90 Å². The monoisotopic (exact) mass is 333 g/mol. The maximum absolute atomic E-state index is 13.6. The third-order valence-corrected chi connectivity index (χ3v) is 4.33. The van der Waals surface area contributed by atoms with Gasteiger partial charge in [-0.15, -0.1) is 0 Å². The molecule has 0 unspecified atom stereocenters. The van der Waals surface area contributed by atoms with Gasteiger partial charge in [0.1, 0.15) is 11.9 Å². The van der Waals surface area contributed by atoms with Crippen LogP contribution in [0.1, 0.15) is 24.0 Å². The summed E-state index contributed by atoms with van der Waals surface area (Å²) in [6.45, 7) is 2.65. The molecule has 2 aromatic carbocycles. The van der Waals surface area contributed by atoms with Crippen molar-refractivity contribution < 1.29 is 18.6 Å². The van der Waals surface area contributed by atoms with Crippen LogP contribution in [0.2, 0.25) is 0 Å². The van der Waals surface area contributed by atoms with Crippen molar-refractivity contribution in [3.63, 3.8) is 0 Å². The lowest BCUT2D eigenvalue weighted by Gasteiger charge is -2.32. The highest BCUT2D eigenvalue weighted by molar-refractivity contribution is 5.25. The van der Waals surface area contributed by atoms with Gasteiger partial charge in [0.05, 0.1) is 6.61 Å². The molecule has 24 heavy (non-hydrogen) atoms. The number of ether oxygens (including phenoxy) is 1. The average Bonchev–Trinajstić information content (AvgIpc) is 2.60. The second kappa shape index (κ2) is 7.73. The molecular weight excluding hydrogens is 312 g/mol. The van der Waals surface area contributed by atoms with E-state index in [2.05, 4.69) is 4.90 Å². The molecule has 0 spiro atoms. The van der Waals surface area contributed by atoms with E-state index in [-0.39, 0.29) is 18.5 Å². The standard InChI is InChI=1S/C19H21F2NO2/c20-16-5-6-19(18(21)11-16)24-17-7-9-22(10-8-17)12-14-1-3-15(13-23)4-2-14/h1-6,11,17,23H,7-10,12-13H2. The number of likely N-dealkylation sites (tertiary alicyclic amines) is 1. The van der Waals surface area contributed by atoms with E-state index < -0.39 is 11.6 Å². The smallest absolute Gasteiger partial charge is 0.167 e. The molecule has 2 aromatic rings. The summed E-state index contributed by atoms with van der Waals surface area (Å²) >= 11 is 0. The largest absolute Gasteiger partial charge is 0.487 e. The number of halogens is 2. The minimum atomic E-state index is -0.651. The van der Waals surface area contributed by atoms with Crippen molar-refractivity contribution >= 4 is 0 Å². The molecule has 0 amide bonds. The first-order chi connectivity index (χ1) is 11.6. The van der Waals surface area contributed by atoms with Crippen molar-refractivity contribution in [2.45, 2.75) is 32.1 Å². The average molecular weight is 333 g/mol. The maximum Gasteiger partial charge on any atom is 0.167 e. The second-order valence-corrected chi connectivity index (χ2v) is 6.14. The Labute approximate surface area is 140 Å². The molecule has 1 aliphatic heterocycles. The summed E-state index contributed by atoms with van der Waals surface area (Å²) in [5.74, 6) is -1.13. The summed E-state index contributed by atoms with van der Waals surface area (Å²) in [7, 11) is 0. The molecule has 3 nitrogen and oxygen atoms in total. The van der Waals surface area contributed by atoms with E-state index in [1.807, 2.05) is 24.3 Å². The zero-order valence-electron chi connectivity index (χ0n) is 13.4. The number of nitrogens with zero attached hydrogens (tertiary/aromatic N) is 1. The number of aliphatic hydroxyl groups is 1. The van der Waals surface area contributed by atoms with Crippen LogP contribution in [0.3, 0.4) is 0 Å². The number of piperidine rings is 1. The van der Waals surface area contributed by atoms with Gasteiger partial charge in [0.2, 0.25) is 0 Å². The minimum Gasteiger partial charge on any atom is -0.487 e. The van der Waals surface area contributed by atoms with E-state index in [9.17, 15) is 8.78 Å². The van der Waals surface area contributed by atoms with Gasteiger partial charge in [0.15, 0.2) is 11.6 Å². The van der Waals surface area contributed by atoms with Crippen molar-refractivity contribution in [3.05, 3.63) is 65.2 Å². The Morgan fingerprint density at radius 2 is 1.67 bits per heavy atom. The molecule has 1 aliphatic rings. The fourth-order valence-corrected chi connectivity index (χ4v) is 2.94. The summed E-state index contributed by atoms with van der Waals surface area (Å²) in [5, 5.41) is 9.06. The minimum absolute atomic E-state index is 0.0435. The van der Waals surface area contributed by atoms with Crippen molar-refractivity contribution in [3.8, 4) is 5.75 Å². The first-order valence-corrected chi connectivity index (χ1v) is 8.17. The number of aliphatic hydroxyl groups excluding tert-OH is 1. The molecule has 0 radical (unpaired) electrons. The summed E-state index contributed by atoms with van der Waals surface area (Å²) in [6, 6.07) is 11.3. The Kier molecular flexibility index (Phi) is 5.43. The number of hydrogen-bond acceptors (Lipinski definition) is 3. The van der Waals surface area contributed by atoms with Crippen LogP contribution in [-0.4, -0.2) is 29.2 Å². The predicted octanol–water partition coefficient (Wildman–Crippen LogP) is 3.50. The van der Waals surface area contributed by atoms with Gasteiger partial charge in [-0.2, -0.15) is 0 Å². The van der Waals surface area contributed by atoms with E-state index in [0.717, 1.165) is 44.1 Å². The van der Waals surface area contributed by atoms with Crippen molar-refractivity contribution in [2.75, 3.05) is 13.1 Å². The van der Waals surface area contributed by atoms with Crippen LogP contribution in [0.5, 0.6) is 5.75 Å². The number of rotatable bonds is 5. The lowest BCUT2D eigenvalue weighted by Crippen LogP contribution is -2.37. The highest BCUT2D eigenvalue weighted by Gasteiger charge is 2.21. The summed E-state index contributed by atoms with van der Waals surface area (Å²) in [6.07, 6.45) is 1.58. The van der Waals surface area contributed by atoms with E-state index in [1.165, 1.54) is 17.7 Å². The van der Waals surface area contributed by atoms with E-state index >= 15 is 0 Å². The van der Waals surface area contributed by atoms with Gasteiger partial charge in [0, 0.05) is 25.7 Å². The molecular formula is C19H21F2NO2. The molecule has 0 bridgehead atoms. The first-order valence-electron chi connectivity index (χ1n) is 8.17. The summed E-state index contributed by atoms with van der Waals surface area (Å²) in [4.78, 5) is 2.33. The normalized spacial score (nSPS) is 16.3. The lowest BCUT2D eigenvalue weighted by atomic mass is 10.1. The van der Waals surface area contributed by atoms with Crippen molar-refractivity contribution in [1.29, 1.82) is 0 Å². The Morgan fingerprint density at radius 1 is 1.00 bits per heavy atom. The molecule has 128 valence electrons. The fraction of sp³-hybridized carbons (Fsp3) is 0.368. The summed E-state index contributed by atoms with van der Waals surface area (Å²) < 4.78 is 32.2. The second-order valence-electron chi connectivity index (χ2n) is 6.14. The molecule has 0 atom stereocenters. The van der Waals surface area contributed by atoms with Gasteiger partial charge >= 0.3 is 0 Å². The number of hydrogen-bond donors (Lipinski definition) is 1. The third-order valence-electron chi connectivity index (χ3n) is 4.33. The van der Waals surface area contributed by atoms with Crippen LogP contribution >= 0.6 is 0 Å². The Morgan fingerprint density at radius 3 is 2.29 bits per heavy atom. The SMILES string of the molecule is OCc1ccc(CN2CCC(Oc3ccc(F)cc3F)CC2)cc1. The molecule has 0 aliphatic carbocycles. The molecule has 0 aromatic heterocycles. The molecule has 1 heterocycles. The van der Waals surface area contributed by atoms with Crippen LogP contribution in [0, 0.1) is 11.6 Å². The first kappa shape index (κ1) is 16.9. The van der Waals surface area contributed by atoms with Gasteiger partial charge in [-0.05, 0) is 36.1 Å². The zero-order chi connectivity index (χ0) is 16.9. The molecule has 5 heteroatoms. The lowest BCUT2D eigenvalue weighted by molar-refractivity contribution is 0.0934. The Bertz CT molecular complexity index is 668. The molecule has 3 rings (SSSR count). The van der Waals surface area contributed by atoms with Gasteiger partial charge in [-0.25, -0.2) is 8.78 Å². The fourth-order valence-electron chi connectivity index (χ4n) is 2.94. The molecule has 1 fully saturated rings. The van der Waals surface area contributed by atoms with Gasteiger partial charge in [-0.1, -0.05) is 24.3 Å². The summed E-state index contributed by atoms with van der Waals surface area (Å²) in [5.41, 5.74) is 2.11. The van der Waals surface area contributed by atoms with Crippen LogP contribution in [-0.2, 0) is 13.2 Å². The van der Waals surface area contributed by atoms with E-state index in [1.54, 1.807) is 0 Å². The molecule has 0 saturated carbocycles. The van der Waals surface area contributed by atoms with Gasteiger partial charge in [-0.3, -0.25) is 4.90 Å². The maximum atomic E-state index is 13.6. The highest BCUT2D eigenvalue weighted by atomic mass is 19.1. The quantitative estimate of drug-likeness (QED) is 0.909. The van der Waals surface area contributed by atoms with E-state index in [4.69, 9.17) is 9.84 Å². The zero-order valence-corrected chi connectivity index (χ0v) is 13.4. The highest BCUT2D eigenvalue weighted by Crippen LogP contribution is 2.23. The van der Waals surface area contributed by atoms with Crippen molar-refractivity contribution in [2.24, 2.45) is 0 Å².